The van der Waals surface area contributed by atoms with Crippen LogP contribution < -0.4 is 11.1 Å². The number of nitrogens with two attached hydrogens (primary N) is 1. The maximum Gasteiger partial charge on any atom is 0.251 e. The summed E-state index contributed by atoms with van der Waals surface area (Å²) in [6.45, 7) is 3.69. The van der Waals surface area contributed by atoms with Crippen molar-refractivity contribution < 1.29 is 9.18 Å². The van der Waals surface area contributed by atoms with Gasteiger partial charge in [0.25, 0.3) is 5.91 Å². The summed E-state index contributed by atoms with van der Waals surface area (Å²) in [6.07, 6.45) is 0. The molecule has 1 atom stereocenters. The fourth-order valence-corrected chi connectivity index (χ4v) is 1.92. The summed E-state index contributed by atoms with van der Waals surface area (Å²) in [5, 5.41) is 2.83. The van der Waals surface area contributed by atoms with E-state index in [9.17, 15) is 9.18 Å². The second-order valence-electron chi connectivity index (χ2n) is 4.82. The third kappa shape index (κ3) is 3.15. The summed E-state index contributed by atoms with van der Waals surface area (Å²) in [7, 11) is 0. The maximum atomic E-state index is 13.2. The van der Waals surface area contributed by atoms with Crippen molar-refractivity contribution in [3.8, 4) is 0 Å². The van der Waals surface area contributed by atoms with Crippen molar-refractivity contribution in [3.05, 3.63) is 65.0 Å². The summed E-state index contributed by atoms with van der Waals surface area (Å²) in [5.74, 6) is -0.545. The van der Waals surface area contributed by atoms with Crippen molar-refractivity contribution in [2.45, 2.75) is 19.9 Å². The lowest BCUT2D eigenvalue weighted by Crippen LogP contribution is -2.26. The van der Waals surface area contributed by atoms with E-state index in [1.165, 1.54) is 12.1 Å². The Morgan fingerprint density at radius 2 is 2.00 bits per heavy atom. The van der Waals surface area contributed by atoms with E-state index in [2.05, 4.69) is 5.32 Å². The molecule has 2 rings (SSSR count). The summed E-state index contributed by atoms with van der Waals surface area (Å²) in [6, 6.07) is 11.1. The van der Waals surface area contributed by atoms with Gasteiger partial charge in [0.2, 0.25) is 0 Å². The van der Waals surface area contributed by atoms with Crippen molar-refractivity contribution >= 4 is 11.6 Å². The molecule has 0 bridgehead atoms. The molecule has 0 fully saturated rings. The number of hydrogen-bond acceptors (Lipinski definition) is 2. The van der Waals surface area contributed by atoms with Gasteiger partial charge in [-0.15, -0.1) is 0 Å². The van der Waals surface area contributed by atoms with E-state index < -0.39 is 0 Å². The van der Waals surface area contributed by atoms with Gasteiger partial charge in [-0.2, -0.15) is 0 Å². The number of halogens is 1. The van der Waals surface area contributed by atoms with Gasteiger partial charge in [-0.25, -0.2) is 4.39 Å². The minimum absolute atomic E-state index is 0.228. The molecule has 0 unspecified atom stereocenters. The molecule has 0 spiro atoms. The molecule has 2 aromatic carbocycles. The number of amides is 1. The first-order chi connectivity index (χ1) is 9.47. The molecule has 20 heavy (non-hydrogen) atoms. The van der Waals surface area contributed by atoms with Gasteiger partial charge >= 0.3 is 0 Å². The lowest BCUT2D eigenvalue weighted by atomic mass is 10.1. The topological polar surface area (TPSA) is 55.1 Å². The van der Waals surface area contributed by atoms with E-state index in [-0.39, 0.29) is 17.8 Å². The van der Waals surface area contributed by atoms with Crippen LogP contribution in [0.3, 0.4) is 0 Å². The van der Waals surface area contributed by atoms with Crippen molar-refractivity contribution in [2.75, 3.05) is 5.73 Å². The minimum Gasteiger partial charge on any atom is -0.398 e. The third-order valence-electron chi connectivity index (χ3n) is 3.24. The zero-order chi connectivity index (χ0) is 14.7. The predicted molar refractivity (Wildman–Crippen MR) is 77.9 cm³/mol. The van der Waals surface area contributed by atoms with Gasteiger partial charge in [0, 0.05) is 11.3 Å². The van der Waals surface area contributed by atoms with Crippen LogP contribution in [0.4, 0.5) is 10.1 Å². The molecule has 0 heterocycles. The zero-order valence-corrected chi connectivity index (χ0v) is 11.5. The van der Waals surface area contributed by atoms with Gasteiger partial charge in [0.1, 0.15) is 5.82 Å². The van der Waals surface area contributed by atoms with Gasteiger partial charge < -0.3 is 11.1 Å². The molecule has 3 N–H and O–H groups in total. The molecular weight excluding hydrogens is 255 g/mol. The Morgan fingerprint density at radius 3 is 2.65 bits per heavy atom. The number of carbonyl (C=O) groups excluding carboxylic acids is 1. The highest BCUT2D eigenvalue weighted by Crippen LogP contribution is 2.16. The number of nitrogens with one attached hydrogen (secondary N) is 1. The number of aryl methyl sites for hydroxylation is 1. The number of rotatable bonds is 3. The molecule has 0 aliphatic rings. The van der Waals surface area contributed by atoms with E-state index in [1.807, 2.05) is 13.8 Å². The first-order valence-electron chi connectivity index (χ1n) is 6.40. The third-order valence-corrected chi connectivity index (χ3v) is 3.24. The van der Waals surface area contributed by atoms with Crippen LogP contribution in [0.2, 0.25) is 0 Å². The average molecular weight is 272 g/mol. The van der Waals surface area contributed by atoms with Crippen LogP contribution in [0.25, 0.3) is 0 Å². The number of benzene rings is 2. The van der Waals surface area contributed by atoms with Gasteiger partial charge in [0.05, 0.1) is 6.04 Å². The van der Waals surface area contributed by atoms with Crippen LogP contribution in [0.5, 0.6) is 0 Å². The Kier molecular flexibility index (Phi) is 4.03. The SMILES string of the molecule is Cc1ccc(C(=O)N[C@@H](C)c2cccc(F)c2)cc1N. The minimum atomic E-state index is -0.317. The van der Waals surface area contributed by atoms with Crippen LogP contribution in [-0.2, 0) is 0 Å². The van der Waals surface area contributed by atoms with Crippen LogP contribution in [0, 0.1) is 12.7 Å². The molecule has 0 saturated carbocycles. The molecular formula is C16H17FN2O. The maximum absolute atomic E-state index is 13.2. The number of hydrogen-bond donors (Lipinski definition) is 2. The Bertz CT molecular complexity index is 640. The molecule has 0 aliphatic heterocycles. The number of nitrogen functional groups attached to an aromatic ring is 1. The first-order valence-corrected chi connectivity index (χ1v) is 6.40. The zero-order valence-electron chi connectivity index (χ0n) is 11.5. The molecule has 0 aromatic heterocycles. The van der Waals surface area contributed by atoms with E-state index >= 15 is 0 Å². The molecule has 3 nitrogen and oxygen atoms in total. The van der Waals surface area contributed by atoms with Crippen molar-refractivity contribution in [3.63, 3.8) is 0 Å². The molecule has 1 amide bonds. The predicted octanol–water partition coefficient (Wildman–Crippen LogP) is 3.21. The summed E-state index contributed by atoms with van der Waals surface area (Å²) >= 11 is 0. The Balaban J connectivity index is 2.13. The van der Waals surface area contributed by atoms with Crippen LogP contribution in [-0.4, -0.2) is 5.91 Å². The van der Waals surface area contributed by atoms with Crippen LogP contribution in [0.1, 0.15) is 34.5 Å². The quantitative estimate of drug-likeness (QED) is 0.843. The largest absolute Gasteiger partial charge is 0.398 e. The molecule has 0 saturated heterocycles. The van der Waals surface area contributed by atoms with Crippen molar-refractivity contribution in [1.29, 1.82) is 0 Å². The molecule has 4 heteroatoms. The van der Waals surface area contributed by atoms with Crippen LogP contribution in [0.15, 0.2) is 42.5 Å². The van der Waals surface area contributed by atoms with Gasteiger partial charge in [-0.1, -0.05) is 18.2 Å². The fourth-order valence-electron chi connectivity index (χ4n) is 1.92. The number of carbonyl (C=O) groups is 1. The smallest absolute Gasteiger partial charge is 0.251 e. The first kappa shape index (κ1) is 14.1. The van der Waals surface area contributed by atoms with Gasteiger partial charge in [0.15, 0.2) is 0 Å². The normalized spacial score (nSPS) is 11.9. The monoisotopic (exact) mass is 272 g/mol. The van der Waals surface area contributed by atoms with E-state index in [0.717, 1.165) is 11.1 Å². The van der Waals surface area contributed by atoms with Gasteiger partial charge in [-0.05, 0) is 49.2 Å². The standard InChI is InChI=1S/C16H17FN2O/c1-10-6-7-13(9-15(10)18)16(20)19-11(2)12-4-3-5-14(17)8-12/h3-9,11H,18H2,1-2H3,(H,19,20)/t11-/m0/s1. The van der Waals surface area contributed by atoms with Crippen LogP contribution >= 0.6 is 0 Å². The Labute approximate surface area is 117 Å². The summed E-state index contributed by atoms with van der Waals surface area (Å²) in [5.41, 5.74) is 8.52. The average Bonchev–Trinajstić information content (AvgIpc) is 2.41. The fraction of sp³-hybridized carbons (Fsp3) is 0.188. The molecule has 104 valence electrons. The molecule has 0 aliphatic carbocycles. The molecule has 0 radical (unpaired) electrons. The highest BCUT2D eigenvalue weighted by atomic mass is 19.1. The summed E-state index contributed by atoms with van der Waals surface area (Å²) in [4.78, 5) is 12.1. The van der Waals surface area contributed by atoms with E-state index in [0.29, 0.717) is 11.3 Å². The second kappa shape index (κ2) is 5.74. The second-order valence-corrected chi connectivity index (χ2v) is 4.82. The summed E-state index contributed by atoms with van der Waals surface area (Å²) < 4.78 is 13.2. The highest BCUT2D eigenvalue weighted by Gasteiger charge is 2.12. The Morgan fingerprint density at radius 1 is 1.25 bits per heavy atom. The van der Waals surface area contributed by atoms with Crippen molar-refractivity contribution in [2.24, 2.45) is 0 Å². The Hall–Kier alpha value is -2.36. The lowest BCUT2D eigenvalue weighted by Gasteiger charge is -2.15. The van der Waals surface area contributed by atoms with Crippen molar-refractivity contribution in [1.82, 2.24) is 5.32 Å². The lowest BCUT2D eigenvalue weighted by molar-refractivity contribution is 0.0940. The molecule has 2 aromatic rings. The van der Waals surface area contributed by atoms with E-state index in [4.69, 9.17) is 5.73 Å². The highest BCUT2D eigenvalue weighted by molar-refractivity contribution is 5.95. The van der Waals surface area contributed by atoms with E-state index in [1.54, 1.807) is 30.3 Å². The van der Waals surface area contributed by atoms with Gasteiger partial charge in [-0.3, -0.25) is 4.79 Å². The number of anilines is 1.